The van der Waals surface area contributed by atoms with Gasteiger partial charge in [0.1, 0.15) is 5.82 Å². The molecule has 1 aromatic rings. The van der Waals surface area contributed by atoms with Gasteiger partial charge in [-0.1, -0.05) is 20.8 Å². The number of piperidine rings is 1. The van der Waals surface area contributed by atoms with E-state index in [0.717, 1.165) is 19.6 Å². The standard InChI is InChI=1S/C18H31N3/c1-5-17-8-6-7-9-21(17)18-15(4)10-16(13-20-18)12-19-11-14(2)3/h10,13-14,17,19H,5-9,11-12H2,1-4H3. The highest BCUT2D eigenvalue weighted by atomic mass is 15.2. The summed E-state index contributed by atoms with van der Waals surface area (Å²) in [5.41, 5.74) is 2.61. The zero-order valence-corrected chi connectivity index (χ0v) is 14.2. The Kier molecular flexibility index (Phi) is 6.04. The van der Waals surface area contributed by atoms with Crippen molar-refractivity contribution >= 4 is 5.82 Å². The predicted octanol–water partition coefficient (Wildman–Crippen LogP) is 3.90. The van der Waals surface area contributed by atoms with Crippen molar-refractivity contribution in [2.75, 3.05) is 18.0 Å². The van der Waals surface area contributed by atoms with Crippen LogP contribution in [-0.4, -0.2) is 24.1 Å². The van der Waals surface area contributed by atoms with E-state index in [2.05, 4.69) is 50.2 Å². The van der Waals surface area contributed by atoms with Gasteiger partial charge in [-0.2, -0.15) is 0 Å². The van der Waals surface area contributed by atoms with Gasteiger partial charge in [0.2, 0.25) is 0 Å². The molecule has 1 aliphatic heterocycles. The third-order valence-electron chi connectivity index (χ3n) is 4.36. The average molecular weight is 289 g/mol. The second kappa shape index (κ2) is 7.79. The molecule has 3 heteroatoms. The topological polar surface area (TPSA) is 28.2 Å². The minimum absolute atomic E-state index is 0.676. The van der Waals surface area contributed by atoms with Crippen molar-refractivity contribution in [2.24, 2.45) is 5.92 Å². The molecule has 1 atom stereocenters. The van der Waals surface area contributed by atoms with E-state index in [9.17, 15) is 0 Å². The zero-order valence-electron chi connectivity index (χ0n) is 14.2. The van der Waals surface area contributed by atoms with Gasteiger partial charge in [-0.05, 0) is 62.3 Å². The number of anilines is 1. The summed E-state index contributed by atoms with van der Waals surface area (Å²) >= 11 is 0. The molecule has 0 radical (unpaired) electrons. The molecular formula is C18H31N3. The Labute approximate surface area is 130 Å². The largest absolute Gasteiger partial charge is 0.353 e. The molecule has 0 aromatic carbocycles. The molecule has 0 amide bonds. The molecule has 0 aliphatic carbocycles. The molecular weight excluding hydrogens is 258 g/mol. The summed E-state index contributed by atoms with van der Waals surface area (Å²) < 4.78 is 0. The van der Waals surface area contributed by atoms with Crippen LogP contribution < -0.4 is 10.2 Å². The number of rotatable bonds is 6. The Balaban J connectivity index is 2.04. The molecule has 2 heterocycles. The third-order valence-corrected chi connectivity index (χ3v) is 4.36. The first-order valence-electron chi connectivity index (χ1n) is 8.54. The van der Waals surface area contributed by atoms with Crippen LogP contribution >= 0.6 is 0 Å². The predicted molar refractivity (Wildman–Crippen MR) is 90.8 cm³/mol. The summed E-state index contributed by atoms with van der Waals surface area (Å²) in [4.78, 5) is 7.32. The maximum absolute atomic E-state index is 4.78. The highest BCUT2D eigenvalue weighted by Gasteiger charge is 2.23. The first kappa shape index (κ1) is 16.3. The van der Waals surface area contributed by atoms with E-state index in [0.29, 0.717) is 12.0 Å². The monoisotopic (exact) mass is 289 g/mol. The molecule has 1 fully saturated rings. The van der Waals surface area contributed by atoms with Crippen LogP contribution in [0.25, 0.3) is 0 Å². The lowest BCUT2D eigenvalue weighted by Gasteiger charge is -2.37. The van der Waals surface area contributed by atoms with Crippen LogP contribution in [-0.2, 0) is 6.54 Å². The van der Waals surface area contributed by atoms with Crippen LogP contribution in [0.15, 0.2) is 12.3 Å². The highest BCUT2D eigenvalue weighted by Crippen LogP contribution is 2.27. The number of pyridine rings is 1. The van der Waals surface area contributed by atoms with Crippen molar-refractivity contribution < 1.29 is 0 Å². The van der Waals surface area contributed by atoms with Crippen LogP contribution in [0.3, 0.4) is 0 Å². The Morgan fingerprint density at radius 1 is 1.38 bits per heavy atom. The molecule has 1 unspecified atom stereocenters. The third kappa shape index (κ3) is 4.44. The van der Waals surface area contributed by atoms with Gasteiger partial charge in [0.25, 0.3) is 0 Å². The second-order valence-electron chi connectivity index (χ2n) is 6.76. The quantitative estimate of drug-likeness (QED) is 0.860. The molecule has 1 aromatic heterocycles. The van der Waals surface area contributed by atoms with Crippen LogP contribution in [0.2, 0.25) is 0 Å². The summed E-state index contributed by atoms with van der Waals surface area (Å²) in [6.45, 7) is 12.1. The molecule has 1 aliphatic rings. The number of aromatic nitrogens is 1. The Bertz CT molecular complexity index is 442. The summed E-state index contributed by atoms with van der Waals surface area (Å²) in [5, 5.41) is 3.49. The lowest BCUT2D eigenvalue weighted by molar-refractivity contribution is 0.446. The number of nitrogens with zero attached hydrogens (tertiary/aromatic N) is 2. The first-order chi connectivity index (χ1) is 10.1. The summed E-state index contributed by atoms with van der Waals surface area (Å²) in [6.07, 6.45) is 7.26. The molecule has 118 valence electrons. The van der Waals surface area contributed by atoms with Crippen molar-refractivity contribution in [2.45, 2.75) is 66.0 Å². The van der Waals surface area contributed by atoms with E-state index < -0.39 is 0 Å². The van der Waals surface area contributed by atoms with Crippen LogP contribution in [0.5, 0.6) is 0 Å². The smallest absolute Gasteiger partial charge is 0.131 e. The second-order valence-corrected chi connectivity index (χ2v) is 6.76. The van der Waals surface area contributed by atoms with E-state index in [4.69, 9.17) is 4.98 Å². The highest BCUT2D eigenvalue weighted by molar-refractivity contribution is 5.48. The van der Waals surface area contributed by atoms with E-state index in [1.807, 2.05) is 0 Å². The van der Waals surface area contributed by atoms with Gasteiger partial charge < -0.3 is 10.2 Å². The number of hydrogen-bond donors (Lipinski definition) is 1. The van der Waals surface area contributed by atoms with E-state index in [1.165, 1.54) is 42.6 Å². The fraction of sp³-hybridized carbons (Fsp3) is 0.722. The Hall–Kier alpha value is -1.09. The number of aryl methyl sites for hydroxylation is 1. The lowest BCUT2D eigenvalue weighted by atomic mass is 9.99. The van der Waals surface area contributed by atoms with E-state index in [1.54, 1.807) is 0 Å². The van der Waals surface area contributed by atoms with Crippen LogP contribution in [0, 0.1) is 12.8 Å². The minimum Gasteiger partial charge on any atom is -0.353 e. The van der Waals surface area contributed by atoms with Gasteiger partial charge >= 0.3 is 0 Å². The number of nitrogens with one attached hydrogen (secondary N) is 1. The van der Waals surface area contributed by atoms with Gasteiger partial charge in [0, 0.05) is 25.3 Å². The lowest BCUT2D eigenvalue weighted by Crippen LogP contribution is -2.40. The van der Waals surface area contributed by atoms with Gasteiger partial charge in [0.05, 0.1) is 0 Å². The van der Waals surface area contributed by atoms with E-state index in [-0.39, 0.29) is 0 Å². The first-order valence-corrected chi connectivity index (χ1v) is 8.54. The summed E-state index contributed by atoms with van der Waals surface area (Å²) in [7, 11) is 0. The molecule has 2 rings (SSSR count). The van der Waals surface area contributed by atoms with Gasteiger partial charge in [0.15, 0.2) is 0 Å². The SMILES string of the molecule is CCC1CCCCN1c1ncc(CNCC(C)C)cc1C. The molecule has 0 bridgehead atoms. The summed E-state index contributed by atoms with van der Waals surface area (Å²) in [5.74, 6) is 1.89. The van der Waals surface area contributed by atoms with Gasteiger partial charge in [-0.25, -0.2) is 4.98 Å². The van der Waals surface area contributed by atoms with Crippen molar-refractivity contribution in [1.29, 1.82) is 0 Å². The number of hydrogen-bond acceptors (Lipinski definition) is 3. The van der Waals surface area contributed by atoms with Crippen molar-refractivity contribution in [3.8, 4) is 0 Å². The van der Waals surface area contributed by atoms with Gasteiger partial charge in [-0.3, -0.25) is 0 Å². The fourth-order valence-electron chi connectivity index (χ4n) is 3.23. The molecule has 0 saturated carbocycles. The summed E-state index contributed by atoms with van der Waals surface area (Å²) in [6, 6.07) is 2.98. The molecule has 3 nitrogen and oxygen atoms in total. The average Bonchev–Trinajstić information content (AvgIpc) is 2.47. The minimum atomic E-state index is 0.676. The zero-order chi connectivity index (χ0) is 15.2. The van der Waals surface area contributed by atoms with Crippen molar-refractivity contribution in [3.63, 3.8) is 0 Å². The van der Waals surface area contributed by atoms with Crippen LogP contribution in [0.1, 0.15) is 57.6 Å². The van der Waals surface area contributed by atoms with Crippen LogP contribution in [0.4, 0.5) is 5.82 Å². The normalized spacial score (nSPS) is 19.3. The molecule has 0 spiro atoms. The van der Waals surface area contributed by atoms with Crippen molar-refractivity contribution in [3.05, 3.63) is 23.4 Å². The molecule has 1 saturated heterocycles. The van der Waals surface area contributed by atoms with Gasteiger partial charge in [-0.15, -0.1) is 0 Å². The van der Waals surface area contributed by atoms with E-state index >= 15 is 0 Å². The van der Waals surface area contributed by atoms with Crippen molar-refractivity contribution in [1.82, 2.24) is 10.3 Å². The maximum Gasteiger partial charge on any atom is 0.131 e. The fourth-order valence-corrected chi connectivity index (χ4v) is 3.23. The Morgan fingerprint density at radius 3 is 2.86 bits per heavy atom. The molecule has 1 N–H and O–H groups in total. The Morgan fingerprint density at radius 2 is 2.19 bits per heavy atom. The molecule has 21 heavy (non-hydrogen) atoms. The maximum atomic E-state index is 4.78.